The second-order valence-corrected chi connectivity index (χ2v) is 8.25. The number of aliphatic hydroxyl groups excluding tert-OH is 1. The summed E-state index contributed by atoms with van der Waals surface area (Å²) in [5.41, 5.74) is -1.47. The molecule has 0 bridgehead atoms. The zero-order valence-corrected chi connectivity index (χ0v) is 16.6. The summed E-state index contributed by atoms with van der Waals surface area (Å²) in [4.78, 5) is 11.7. The van der Waals surface area contributed by atoms with Crippen molar-refractivity contribution in [3.05, 3.63) is 30.3 Å². The van der Waals surface area contributed by atoms with Crippen LogP contribution >= 0.6 is 7.75 Å². The van der Waals surface area contributed by atoms with Gasteiger partial charge in [-0.05, 0) is 32.9 Å². The van der Waals surface area contributed by atoms with Gasteiger partial charge in [-0.25, -0.2) is 4.57 Å². The SMILES string of the molecule is COC(=O)[C@@H](C)NP(=O)(OC[C@H]1OC(C)[C@](C)(O)[C@@H]1O)Oc1ccccc1. The van der Waals surface area contributed by atoms with E-state index < -0.39 is 43.7 Å². The second-order valence-electron chi connectivity index (χ2n) is 6.56. The lowest BCUT2D eigenvalue weighted by molar-refractivity contribution is -0.142. The van der Waals surface area contributed by atoms with Gasteiger partial charge in [-0.2, -0.15) is 5.09 Å². The number of carbonyl (C=O) groups is 1. The number of carbonyl (C=O) groups excluding carboxylic acids is 1. The Morgan fingerprint density at radius 3 is 2.56 bits per heavy atom. The van der Waals surface area contributed by atoms with E-state index in [1.54, 1.807) is 37.3 Å². The quantitative estimate of drug-likeness (QED) is 0.434. The Balaban J connectivity index is 2.12. The largest absolute Gasteiger partial charge is 0.468 e. The average Bonchev–Trinajstić information content (AvgIpc) is 2.82. The molecule has 0 amide bonds. The molecule has 1 fully saturated rings. The predicted molar refractivity (Wildman–Crippen MR) is 96.2 cm³/mol. The highest BCUT2D eigenvalue weighted by Gasteiger charge is 2.50. The highest BCUT2D eigenvalue weighted by molar-refractivity contribution is 7.52. The van der Waals surface area contributed by atoms with Crippen LogP contribution in [0, 0.1) is 0 Å². The summed E-state index contributed by atoms with van der Waals surface area (Å²) >= 11 is 0. The molecule has 2 unspecified atom stereocenters. The number of benzene rings is 1. The van der Waals surface area contributed by atoms with Crippen LogP contribution in [0.5, 0.6) is 5.75 Å². The van der Waals surface area contributed by atoms with E-state index in [1.165, 1.54) is 21.0 Å². The molecule has 0 radical (unpaired) electrons. The summed E-state index contributed by atoms with van der Waals surface area (Å²) in [7, 11) is -2.82. The van der Waals surface area contributed by atoms with Crippen LogP contribution in [0.3, 0.4) is 0 Å². The minimum atomic E-state index is -4.03. The van der Waals surface area contributed by atoms with Crippen molar-refractivity contribution < 1.29 is 38.1 Å². The van der Waals surface area contributed by atoms with Crippen LogP contribution in [0.4, 0.5) is 0 Å². The van der Waals surface area contributed by atoms with Gasteiger partial charge in [0, 0.05) is 0 Å². The number of methoxy groups -OCH3 is 1. The van der Waals surface area contributed by atoms with Gasteiger partial charge in [0.15, 0.2) is 0 Å². The first-order valence-corrected chi connectivity index (χ1v) is 10.0. The smallest absolute Gasteiger partial charge is 0.459 e. The molecule has 2 rings (SSSR count). The molecule has 1 heterocycles. The van der Waals surface area contributed by atoms with E-state index >= 15 is 0 Å². The molecule has 152 valence electrons. The maximum atomic E-state index is 13.2. The van der Waals surface area contributed by atoms with E-state index in [1.807, 2.05) is 0 Å². The number of esters is 1. The van der Waals surface area contributed by atoms with Gasteiger partial charge in [0.2, 0.25) is 0 Å². The number of aliphatic hydroxyl groups is 2. The van der Waals surface area contributed by atoms with Crippen LogP contribution in [-0.2, 0) is 23.4 Å². The van der Waals surface area contributed by atoms with Gasteiger partial charge in [-0.1, -0.05) is 18.2 Å². The fraction of sp³-hybridized carbons (Fsp3) is 0.588. The minimum Gasteiger partial charge on any atom is -0.468 e. The minimum absolute atomic E-state index is 0.263. The van der Waals surface area contributed by atoms with Crippen molar-refractivity contribution in [3.63, 3.8) is 0 Å². The third-order valence-electron chi connectivity index (χ3n) is 4.44. The second kappa shape index (κ2) is 8.68. The number of nitrogens with one attached hydrogen (secondary N) is 1. The number of para-hydroxylation sites is 1. The maximum Gasteiger partial charge on any atom is 0.459 e. The average molecular weight is 403 g/mol. The molecule has 0 spiro atoms. The zero-order valence-electron chi connectivity index (χ0n) is 15.7. The van der Waals surface area contributed by atoms with E-state index in [0.717, 1.165) is 0 Å². The fourth-order valence-electron chi connectivity index (χ4n) is 2.57. The fourth-order valence-corrected chi connectivity index (χ4v) is 4.07. The first-order chi connectivity index (χ1) is 12.6. The molecule has 0 aromatic heterocycles. The number of hydrogen-bond acceptors (Lipinski definition) is 8. The number of rotatable bonds is 8. The molecule has 10 heteroatoms. The van der Waals surface area contributed by atoms with Crippen molar-refractivity contribution in [2.45, 2.75) is 50.7 Å². The van der Waals surface area contributed by atoms with Crippen LogP contribution in [0.1, 0.15) is 20.8 Å². The summed E-state index contributed by atoms with van der Waals surface area (Å²) in [6.45, 7) is 4.18. The highest BCUT2D eigenvalue weighted by Crippen LogP contribution is 2.46. The Kier molecular flexibility index (Phi) is 7.02. The Hall–Kier alpha value is -1.48. The maximum absolute atomic E-state index is 13.2. The third kappa shape index (κ3) is 5.28. The van der Waals surface area contributed by atoms with E-state index in [2.05, 4.69) is 9.82 Å². The molecular weight excluding hydrogens is 377 g/mol. The Bertz CT molecular complexity index is 683. The molecule has 6 atom stereocenters. The van der Waals surface area contributed by atoms with Crippen LogP contribution < -0.4 is 9.61 Å². The van der Waals surface area contributed by atoms with Crippen LogP contribution in [0.25, 0.3) is 0 Å². The molecule has 1 aliphatic rings. The van der Waals surface area contributed by atoms with E-state index in [9.17, 15) is 19.6 Å². The van der Waals surface area contributed by atoms with Crippen molar-refractivity contribution in [2.24, 2.45) is 0 Å². The summed E-state index contributed by atoms with van der Waals surface area (Å²) in [5.74, 6) is -0.386. The zero-order chi connectivity index (χ0) is 20.2. The van der Waals surface area contributed by atoms with Crippen molar-refractivity contribution in [1.82, 2.24) is 5.09 Å². The Morgan fingerprint density at radius 1 is 1.41 bits per heavy atom. The van der Waals surface area contributed by atoms with Crippen LogP contribution in [-0.4, -0.2) is 59.9 Å². The third-order valence-corrected chi connectivity index (χ3v) is 6.08. The van der Waals surface area contributed by atoms with Gasteiger partial charge in [-0.15, -0.1) is 0 Å². The molecule has 27 heavy (non-hydrogen) atoms. The van der Waals surface area contributed by atoms with Crippen molar-refractivity contribution in [2.75, 3.05) is 13.7 Å². The lowest BCUT2D eigenvalue weighted by Gasteiger charge is -2.26. The lowest BCUT2D eigenvalue weighted by atomic mass is 9.94. The molecular formula is C17H26NO8P. The standard InChI is InChI=1S/C17H26NO8P/c1-11(16(20)23-4)18-27(22,26-13-8-6-5-7-9-13)24-10-14-15(19)17(3,21)12(2)25-14/h5-9,11-12,14-15,19,21H,10H2,1-4H3,(H,18,22)/t11-,12?,14-,15-,17+,27?/m1/s1. The van der Waals surface area contributed by atoms with Gasteiger partial charge in [0.05, 0.1) is 19.8 Å². The van der Waals surface area contributed by atoms with E-state index in [0.29, 0.717) is 0 Å². The van der Waals surface area contributed by atoms with Gasteiger partial charge in [-0.3, -0.25) is 9.32 Å². The summed E-state index contributed by atoms with van der Waals surface area (Å²) in [6, 6.07) is 7.32. The predicted octanol–water partition coefficient (Wildman–Crippen LogP) is 1.24. The van der Waals surface area contributed by atoms with Gasteiger partial charge < -0.3 is 24.2 Å². The van der Waals surface area contributed by atoms with E-state index in [4.69, 9.17) is 13.8 Å². The normalized spacial score (nSPS) is 31.1. The molecule has 1 aliphatic heterocycles. The van der Waals surface area contributed by atoms with Crippen LogP contribution in [0.2, 0.25) is 0 Å². The molecule has 1 aromatic rings. The van der Waals surface area contributed by atoms with E-state index in [-0.39, 0.29) is 12.4 Å². The summed E-state index contributed by atoms with van der Waals surface area (Å²) in [5, 5.41) is 22.9. The van der Waals surface area contributed by atoms with Gasteiger partial charge in [0.1, 0.15) is 29.6 Å². The summed E-state index contributed by atoms with van der Waals surface area (Å²) < 4.78 is 34.1. The topological polar surface area (TPSA) is 124 Å². The lowest BCUT2D eigenvalue weighted by Crippen LogP contribution is -2.45. The van der Waals surface area contributed by atoms with Crippen molar-refractivity contribution in [1.29, 1.82) is 0 Å². The first kappa shape index (κ1) is 21.8. The van der Waals surface area contributed by atoms with Crippen molar-refractivity contribution in [3.8, 4) is 5.75 Å². The molecule has 1 saturated heterocycles. The van der Waals surface area contributed by atoms with Gasteiger partial charge in [0.25, 0.3) is 0 Å². The number of ether oxygens (including phenoxy) is 2. The Labute approximate surface area is 158 Å². The molecule has 9 nitrogen and oxygen atoms in total. The highest BCUT2D eigenvalue weighted by atomic mass is 31.2. The van der Waals surface area contributed by atoms with Crippen molar-refractivity contribution >= 4 is 13.7 Å². The van der Waals surface area contributed by atoms with Gasteiger partial charge >= 0.3 is 13.7 Å². The first-order valence-electron chi connectivity index (χ1n) is 8.50. The number of hydrogen-bond donors (Lipinski definition) is 3. The Morgan fingerprint density at radius 2 is 2.04 bits per heavy atom. The van der Waals surface area contributed by atoms with Crippen LogP contribution in [0.15, 0.2) is 30.3 Å². The monoisotopic (exact) mass is 403 g/mol. The molecule has 0 saturated carbocycles. The molecule has 0 aliphatic carbocycles. The molecule has 1 aromatic carbocycles. The summed E-state index contributed by atoms with van der Waals surface area (Å²) in [6.07, 6.45) is -2.80. The molecule has 3 N–H and O–H groups in total.